The predicted octanol–water partition coefficient (Wildman–Crippen LogP) is -2.24. The molecule has 0 radical (unpaired) electrons. The molecule has 0 aromatic heterocycles. The van der Waals surface area contributed by atoms with Gasteiger partial charge in [-0.25, -0.2) is 4.79 Å². The van der Waals surface area contributed by atoms with Gasteiger partial charge in [-0.15, -0.1) is 0 Å². The van der Waals surface area contributed by atoms with Crippen LogP contribution in [0.25, 0.3) is 0 Å². The summed E-state index contributed by atoms with van der Waals surface area (Å²) in [6, 6.07) is -4.65. The molecule has 4 unspecified atom stereocenters. The molecule has 1 rings (SSSR count). The highest BCUT2D eigenvalue weighted by molar-refractivity contribution is 5.95. The Morgan fingerprint density at radius 3 is 2.22 bits per heavy atom. The molecule has 0 saturated carbocycles. The van der Waals surface area contributed by atoms with Crippen LogP contribution in [0.5, 0.6) is 0 Å². The number of carbonyl (C=O) groups is 6. The third-order valence-electron chi connectivity index (χ3n) is 5.09. The third-order valence-corrected chi connectivity index (χ3v) is 5.09. The Bertz CT molecular complexity index is 756. The lowest BCUT2D eigenvalue weighted by atomic mass is 10.0. The summed E-state index contributed by atoms with van der Waals surface area (Å²) in [6.07, 6.45) is -0.127. The lowest BCUT2D eigenvalue weighted by Gasteiger charge is -2.29. The average molecular weight is 457 g/mol. The van der Waals surface area contributed by atoms with E-state index in [1.165, 1.54) is 4.90 Å². The molecular formula is C19H31N5O8. The molecule has 4 amide bonds. The van der Waals surface area contributed by atoms with Crippen molar-refractivity contribution in [2.75, 3.05) is 6.54 Å². The zero-order valence-electron chi connectivity index (χ0n) is 18.1. The van der Waals surface area contributed by atoms with Crippen LogP contribution >= 0.6 is 0 Å². The van der Waals surface area contributed by atoms with Gasteiger partial charge in [-0.2, -0.15) is 0 Å². The lowest BCUT2D eigenvalue weighted by molar-refractivity contribution is -0.144. The molecule has 1 fully saturated rings. The molecule has 0 spiro atoms. The molecule has 180 valence electrons. The van der Waals surface area contributed by atoms with Crippen LogP contribution in [-0.2, 0) is 28.8 Å². The molecule has 4 atom stereocenters. The predicted molar refractivity (Wildman–Crippen MR) is 110 cm³/mol. The zero-order valence-corrected chi connectivity index (χ0v) is 18.1. The number of rotatable bonds is 12. The standard InChI is InChI=1S/C19H31N5O8/c1-9(2)15(17(29)22-11(19(31)32)8-13(21)25)23-16(28)12-4-3-7-24(12)18(30)10(20)5-6-14(26)27/h9-12,15H,3-8,20H2,1-2H3,(H2,21,25)(H,22,29)(H,23,28)(H,26,27)(H,31,32). The van der Waals surface area contributed by atoms with Crippen molar-refractivity contribution in [1.29, 1.82) is 0 Å². The Morgan fingerprint density at radius 1 is 1.09 bits per heavy atom. The summed E-state index contributed by atoms with van der Waals surface area (Å²) < 4.78 is 0. The highest BCUT2D eigenvalue weighted by Crippen LogP contribution is 2.20. The first-order valence-electron chi connectivity index (χ1n) is 10.2. The smallest absolute Gasteiger partial charge is 0.326 e. The lowest BCUT2D eigenvalue weighted by Crippen LogP contribution is -2.58. The van der Waals surface area contributed by atoms with Gasteiger partial charge in [0.2, 0.25) is 23.6 Å². The number of likely N-dealkylation sites (tertiary alicyclic amines) is 1. The van der Waals surface area contributed by atoms with Crippen LogP contribution < -0.4 is 22.1 Å². The van der Waals surface area contributed by atoms with Gasteiger partial charge >= 0.3 is 11.9 Å². The number of aliphatic carboxylic acids is 2. The van der Waals surface area contributed by atoms with Crippen LogP contribution in [0, 0.1) is 5.92 Å². The fourth-order valence-corrected chi connectivity index (χ4v) is 3.37. The molecule has 0 bridgehead atoms. The first kappa shape index (κ1) is 26.8. The Balaban J connectivity index is 2.86. The third kappa shape index (κ3) is 7.80. The highest BCUT2D eigenvalue weighted by Gasteiger charge is 2.38. The maximum absolute atomic E-state index is 12.9. The number of carboxylic acids is 2. The normalized spacial score (nSPS) is 18.5. The van der Waals surface area contributed by atoms with Crippen molar-refractivity contribution < 1.29 is 39.0 Å². The summed E-state index contributed by atoms with van der Waals surface area (Å²) in [5, 5.41) is 22.7. The first-order valence-corrected chi connectivity index (χ1v) is 10.2. The van der Waals surface area contributed by atoms with Crippen molar-refractivity contribution in [1.82, 2.24) is 15.5 Å². The monoisotopic (exact) mass is 457 g/mol. The van der Waals surface area contributed by atoms with Crippen LogP contribution in [0.2, 0.25) is 0 Å². The fourth-order valence-electron chi connectivity index (χ4n) is 3.37. The molecule has 13 nitrogen and oxygen atoms in total. The summed E-state index contributed by atoms with van der Waals surface area (Å²) in [5.41, 5.74) is 10.8. The largest absolute Gasteiger partial charge is 0.481 e. The molecule has 32 heavy (non-hydrogen) atoms. The average Bonchev–Trinajstić information content (AvgIpc) is 3.17. The van der Waals surface area contributed by atoms with Crippen LogP contribution in [0.1, 0.15) is 46.0 Å². The quantitative estimate of drug-likeness (QED) is 0.186. The number of nitrogens with zero attached hydrogens (tertiary/aromatic N) is 1. The molecule has 1 heterocycles. The van der Waals surface area contributed by atoms with Gasteiger partial charge in [0.1, 0.15) is 18.1 Å². The van der Waals surface area contributed by atoms with E-state index >= 15 is 0 Å². The number of carbonyl (C=O) groups excluding carboxylic acids is 4. The van der Waals surface area contributed by atoms with Gasteiger partial charge in [0.25, 0.3) is 0 Å². The second-order valence-corrected chi connectivity index (χ2v) is 8.03. The Labute approximate surface area is 184 Å². The Hall–Kier alpha value is -3.22. The van der Waals surface area contributed by atoms with Gasteiger partial charge in [0.15, 0.2) is 0 Å². The molecular weight excluding hydrogens is 426 g/mol. The summed E-state index contributed by atoms with van der Waals surface area (Å²) in [4.78, 5) is 72.3. The summed E-state index contributed by atoms with van der Waals surface area (Å²) in [7, 11) is 0. The van der Waals surface area contributed by atoms with Crippen molar-refractivity contribution in [3.63, 3.8) is 0 Å². The van der Waals surface area contributed by atoms with E-state index in [1.54, 1.807) is 13.8 Å². The van der Waals surface area contributed by atoms with Crippen LogP contribution in [0.4, 0.5) is 0 Å². The van der Waals surface area contributed by atoms with E-state index in [1.807, 2.05) is 0 Å². The van der Waals surface area contributed by atoms with Gasteiger partial charge in [0.05, 0.1) is 12.5 Å². The number of primary amides is 1. The van der Waals surface area contributed by atoms with E-state index in [0.29, 0.717) is 12.8 Å². The molecule has 13 heteroatoms. The zero-order chi connectivity index (χ0) is 24.6. The molecule has 1 saturated heterocycles. The Kier molecular flexibility index (Phi) is 10.0. The van der Waals surface area contributed by atoms with Crippen molar-refractivity contribution >= 4 is 35.6 Å². The van der Waals surface area contributed by atoms with Gasteiger partial charge in [-0.3, -0.25) is 24.0 Å². The van der Waals surface area contributed by atoms with E-state index in [0.717, 1.165) is 0 Å². The van der Waals surface area contributed by atoms with E-state index in [-0.39, 0.29) is 19.4 Å². The number of nitrogens with one attached hydrogen (secondary N) is 2. The van der Waals surface area contributed by atoms with Gasteiger partial charge < -0.3 is 37.2 Å². The minimum Gasteiger partial charge on any atom is -0.481 e. The molecule has 8 N–H and O–H groups in total. The molecule has 1 aliphatic heterocycles. The van der Waals surface area contributed by atoms with Crippen LogP contribution in [0.3, 0.4) is 0 Å². The van der Waals surface area contributed by atoms with E-state index in [9.17, 15) is 28.8 Å². The van der Waals surface area contributed by atoms with Gasteiger partial charge in [-0.1, -0.05) is 13.8 Å². The van der Waals surface area contributed by atoms with Gasteiger partial charge in [-0.05, 0) is 25.2 Å². The topological polar surface area (TPSA) is 222 Å². The van der Waals surface area contributed by atoms with Crippen LogP contribution in [0.15, 0.2) is 0 Å². The van der Waals surface area contributed by atoms with E-state index < -0.39 is 72.1 Å². The molecule has 0 aliphatic carbocycles. The number of nitrogens with two attached hydrogens (primary N) is 2. The van der Waals surface area contributed by atoms with Crippen molar-refractivity contribution in [2.45, 2.75) is 70.1 Å². The minimum atomic E-state index is -1.55. The van der Waals surface area contributed by atoms with Gasteiger partial charge in [0, 0.05) is 13.0 Å². The molecule has 1 aliphatic rings. The summed E-state index contributed by atoms with van der Waals surface area (Å²) >= 11 is 0. The SMILES string of the molecule is CC(C)C(NC(=O)C1CCCN1C(=O)C(N)CCC(=O)O)C(=O)NC(CC(N)=O)C(=O)O. The fraction of sp³-hybridized carbons (Fsp3) is 0.684. The van der Waals surface area contributed by atoms with Crippen molar-refractivity contribution in [3.05, 3.63) is 0 Å². The highest BCUT2D eigenvalue weighted by atomic mass is 16.4. The van der Waals surface area contributed by atoms with E-state index in [2.05, 4.69) is 10.6 Å². The van der Waals surface area contributed by atoms with Crippen molar-refractivity contribution in [2.24, 2.45) is 17.4 Å². The number of amides is 4. The van der Waals surface area contributed by atoms with E-state index in [4.69, 9.17) is 21.7 Å². The number of carboxylic acid groups (broad SMARTS) is 2. The first-order chi connectivity index (χ1) is 14.8. The second kappa shape index (κ2) is 12.0. The minimum absolute atomic E-state index is 0.0769. The second-order valence-electron chi connectivity index (χ2n) is 8.03. The maximum atomic E-state index is 12.9. The van der Waals surface area contributed by atoms with Crippen molar-refractivity contribution in [3.8, 4) is 0 Å². The summed E-state index contributed by atoms with van der Waals surface area (Å²) in [5.74, 6) is -5.87. The van der Waals surface area contributed by atoms with Crippen LogP contribution in [-0.4, -0.2) is 81.4 Å². The molecule has 0 aromatic carbocycles. The summed E-state index contributed by atoms with van der Waals surface area (Å²) in [6.45, 7) is 3.53. The number of hydrogen-bond donors (Lipinski definition) is 6. The molecule has 0 aromatic rings. The maximum Gasteiger partial charge on any atom is 0.326 e. The number of hydrogen-bond acceptors (Lipinski definition) is 7. The Morgan fingerprint density at radius 2 is 1.72 bits per heavy atom.